The third-order valence-electron chi connectivity index (χ3n) is 0.948. The lowest BCUT2D eigenvalue weighted by molar-refractivity contribution is 0.0595. The second-order valence-electron chi connectivity index (χ2n) is 1.51. The van der Waals surface area contributed by atoms with Crippen molar-refractivity contribution < 1.29 is 10.9 Å². The van der Waals surface area contributed by atoms with E-state index in [1.54, 1.807) is 6.07 Å². The minimum absolute atomic E-state index is 0.238. The summed E-state index contributed by atoms with van der Waals surface area (Å²) in [5.41, 5.74) is 0.238. The molecule has 0 aliphatic heterocycles. The van der Waals surface area contributed by atoms with Crippen molar-refractivity contribution in [2.24, 2.45) is 0 Å². The van der Waals surface area contributed by atoms with Crippen LogP contribution in [0.2, 0.25) is 1.41 Å². The molecule has 0 saturated carbocycles. The number of hydrogen-bond acceptors (Lipinski definition) is 2. The van der Waals surface area contributed by atoms with Crippen molar-refractivity contribution in [1.29, 1.82) is 0 Å². The van der Waals surface area contributed by atoms with Crippen LogP contribution >= 0.6 is 0 Å². The lowest BCUT2D eigenvalue weighted by atomic mass is 10.4. The van der Waals surface area contributed by atoms with Gasteiger partial charge in [-0.1, -0.05) is 0 Å². The first-order valence-corrected chi connectivity index (χ1v) is 2.50. The highest BCUT2D eigenvalue weighted by molar-refractivity contribution is 5.87. The molecular formula is C6H7NO2. The van der Waals surface area contributed by atoms with E-state index in [2.05, 4.69) is 4.74 Å². The fraction of sp³-hybridized carbons (Fsp3) is 0.167. The maximum Gasteiger partial charge on any atom is 0.354 e. The molecule has 1 rings (SSSR count). The number of carbonyl (C=O) groups excluding carboxylic acids is 1. The zero-order chi connectivity index (χ0) is 7.56. The Morgan fingerprint density at radius 1 is 2.00 bits per heavy atom. The van der Waals surface area contributed by atoms with Gasteiger partial charge in [0.1, 0.15) is 5.69 Å². The van der Waals surface area contributed by atoms with Crippen molar-refractivity contribution in [3.63, 3.8) is 0 Å². The third-order valence-corrected chi connectivity index (χ3v) is 0.948. The number of hydrogen-bond donors (Lipinski definition) is 1. The maximum absolute atomic E-state index is 10.7. The van der Waals surface area contributed by atoms with Gasteiger partial charge in [0.05, 0.1) is 7.11 Å². The van der Waals surface area contributed by atoms with Gasteiger partial charge in [-0.15, -0.1) is 0 Å². The molecule has 1 N–H and O–H groups in total. The number of aromatic nitrogens is 1. The molecule has 0 aliphatic carbocycles. The zero-order valence-electron chi connectivity index (χ0n) is 6.00. The highest BCUT2D eigenvalue weighted by Crippen LogP contribution is 1.94. The highest BCUT2D eigenvalue weighted by atomic mass is 16.5. The molecule has 0 saturated heterocycles. The lowest BCUT2D eigenvalue weighted by Crippen LogP contribution is -2.00. The van der Waals surface area contributed by atoms with Gasteiger partial charge in [-0.05, 0) is 12.1 Å². The number of aromatic amines is 1. The van der Waals surface area contributed by atoms with Crippen LogP contribution in [0.1, 0.15) is 10.5 Å². The van der Waals surface area contributed by atoms with E-state index in [9.17, 15) is 4.79 Å². The van der Waals surface area contributed by atoms with Gasteiger partial charge in [0, 0.05) is 6.20 Å². The molecule has 0 fully saturated rings. The Morgan fingerprint density at radius 3 is 3.22 bits per heavy atom. The van der Waals surface area contributed by atoms with Crippen molar-refractivity contribution in [2.75, 3.05) is 7.11 Å². The number of esters is 1. The molecular weight excluding hydrogens is 118 g/mol. The summed E-state index contributed by atoms with van der Waals surface area (Å²) in [5.74, 6) is -0.486. The quantitative estimate of drug-likeness (QED) is 0.565. The maximum atomic E-state index is 10.7. The third kappa shape index (κ3) is 1.10. The Labute approximate surface area is 54.1 Å². The Bertz CT molecular complexity index is 244. The standard InChI is InChI=1S/C6H7NO2/c1-9-6(8)5-3-2-4-7-5/h2-4,7H,1H3/i/hD. The van der Waals surface area contributed by atoms with Gasteiger partial charge in [0.2, 0.25) is 0 Å². The average Bonchev–Trinajstić information content (AvgIpc) is 2.34. The van der Waals surface area contributed by atoms with E-state index >= 15 is 0 Å². The topological polar surface area (TPSA) is 42.1 Å². The molecule has 48 valence electrons. The summed E-state index contributed by atoms with van der Waals surface area (Å²) >= 11 is 0. The molecule has 0 bridgehead atoms. The molecule has 1 aromatic heterocycles. The summed E-state index contributed by atoms with van der Waals surface area (Å²) < 4.78 is 11.5. The van der Waals surface area contributed by atoms with Crippen LogP contribution < -0.4 is 0 Å². The molecule has 1 aromatic rings. The van der Waals surface area contributed by atoms with Crippen LogP contribution in [0.5, 0.6) is 0 Å². The van der Waals surface area contributed by atoms with Gasteiger partial charge in [0.15, 0.2) is 1.41 Å². The van der Waals surface area contributed by atoms with Crippen LogP contribution in [-0.2, 0) is 4.74 Å². The van der Waals surface area contributed by atoms with Crippen LogP contribution in [0.25, 0.3) is 0 Å². The fourth-order valence-electron chi connectivity index (χ4n) is 0.526. The van der Waals surface area contributed by atoms with Gasteiger partial charge in [0.25, 0.3) is 0 Å². The van der Waals surface area contributed by atoms with Crippen LogP contribution in [-0.4, -0.2) is 18.1 Å². The Balaban J connectivity index is 2.93. The minimum atomic E-state index is -0.486. The summed E-state index contributed by atoms with van der Waals surface area (Å²) in [6, 6.07) is 3.14. The smallest absolute Gasteiger partial charge is 0.354 e. The number of carbonyl (C=O) groups is 1. The molecule has 0 amide bonds. The summed E-state index contributed by atoms with van der Waals surface area (Å²) in [6.07, 6.45) is 1.46. The van der Waals surface area contributed by atoms with Crippen LogP contribution in [0.3, 0.4) is 0 Å². The van der Waals surface area contributed by atoms with Crippen molar-refractivity contribution in [3.8, 4) is 0 Å². The first-order chi connectivity index (χ1) is 4.75. The van der Waals surface area contributed by atoms with Crippen molar-refractivity contribution in [2.45, 2.75) is 0 Å². The van der Waals surface area contributed by atoms with E-state index in [0.29, 0.717) is 0 Å². The largest absolute Gasteiger partial charge is 0.464 e. The van der Waals surface area contributed by atoms with Gasteiger partial charge < -0.3 is 9.71 Å². The van der Waals surface area contributed by atoms with Crippen molar-refractivity contribution in [1.82, 2.24) is 4.98 Å². The predicted molar refractivity (Wildman–Crippen MR) is 32.1 cm³/mol. The summed E-state index contributed by atoms with van der Waals surface area (Å²) in [4.78, 5) is 11.7. The van der Waals surface area contributed by atoms with Gasteiger partial charge in [-0.3, -0.25) is 0 Å². The van der Waals surface area contributed by atoms with Crippen LogP contribution in [0, 0.1) is 0 Å². The van der Waals surface area contributed by atoms with E-state index in [4.69, 9.17) is 1.41 Å². The molecule has 0 aliphatic rings. The van der Waals surface area contributed by atoms with E-state index < -0.39 is 5.97 Å². The van der Waals surface area contributed by atoms with E-state index in [0.717, 1.165) is 4.98 Å². The second-order valence-corrected chi connectivity index (χ2v) is 1.51. The zero-order valence-corrected chi connectivity index (χ0v) is 5.00. The normalized spacial score (nSPS) is 10.6. The van der Waals surface area contributed by atoms with E-state index in [-0.39, 0.29) is 5.69 Å². The monoisotopic (exact) mass is 126 g/mol. The molecule has 0 aromatic carbocycles. The molecule has 3 nitrogen and oxygen atoms in total. The molecule has 0 atom stereocenters. The molecule has 3 heteroatoms. The molecule has 0 radical (unpaired) electrons. The number of ether oxygens (including phenoxy) is 1. The van der Waals surface area contributed by atoms with Crippen LogP contribution in [0.15, 0.2) is 18.3 Å². The van der Waals surface area contributed by atoms with Crippen molar-refractivity contribution in [3.05, 3.63) is 24.0 Å². The Kier molecular flexibility index (Phi) is 1.20. The summed E-state index contributed by atoms with van der Waals surface area (Å²) in [7, 11) is 1.29. The van der Waals surface area contributed by atoms with Gasteiger partial charge in [-0.2, -0.15) is 0 Å². The minimum Gasteiger partial charge on any atom is -0.464 e. The highest BCUT2D eigenvalue weighted by Gasteiger charge is 2.02. The molecule has 0 unspecified atom stereocenters. The second kappa shape index (κ2) is 2.35. The Hall–Kier alpha value is -1.25. The molecule has 1 heterocycles. The predicted octanol–water partition coefficient (Wildman–Crippen LogP) is 0.801. The Morgan fingerprint density at radius 2 is 2.78 bits per heavy atom. The van der Waals surface area contributed by atoms with Gasteiger partial charge in [-0.25, -0.2) is 4.79 Å². The van der Waals surface area contributed by atoms with E-state index in [1.165, 1.54) is 19.4 Å². The first kappa shape index (κ1) is 4.61. The number of methoxy groups -OCH3 is 1. The van der Waals surface area contributed by atoms with Crippen LogP contribution in [0.4, 0.5) is 0 Å². The van der Waals surface area contributed by atoms with Crippen molar-refractivity contribution >= 4 is 5.97 Å². The number of rotatable bonds is 1. The fourth-order valence-corrected chi connectivity index (χ4v) is 0.526. The number of nitrogens with one attached hydrogen (secondary N) is 1. The SMILES string of the molecule is [2H]n1cccc1C(=O)OC. The molecule has 0 spiro atoms. The van der Waals surface area contributed by atoms with Gasteiger partial charge >= 0.3 is 5.97 Å². The molecule has 9 heavy (non-hydrogen) atoms. The number of H-pyrrole nitrogens is 1. The first-order valence-electron chi connectivity index (χ1n) is 2.95. The summed E-state index contributed by atoms with van der Waals surface area (Å²) in [5, 5.41) is 0. The average molecular weight is 126 g/mol. The van der Waals surface area contributed by atoms with E-state index in [1.807, 2.05) is 0 Å². The summed E-state index contributed by atoms with van der Waals surface area (Å²) in [6.45, 7) is 0. The lowest BCUT2D eigenvalue weighted by Gasteiger charge is -1.91.